The molecule has 0 spiro atoms. The fraction of sp³-hybridized carbons (Fsp3) is 0.559. The summed E-state index contributed by atoms with van der Waals surface area (Å²) in [5.74, 6) is 1.92. The van der Waals surface area contributed by atoms with E-state index in [1.54, 1.807) is 6.92 Å². The van der Waals surface area contributed by atoms with Crippen molar-refractivity contribution in [1.82, 2.24) is 4.90 Å². The number of thioether (sulfide) groups is 1. The molecule has 0 fully saturated rings. The average Bonchev–Trinajstić information content (AvgIpc) is 3.34. The largest absolute Gasteiger partial charge is 0.494 e. The third-order valence-corrected chi connectivity index (χ3v) is 8.34. The van der Waals surface area contributed by atoms with Gasteiger partial charge in [0, 0.05) is 25.4 Å². The Morgan fingerprint density at radius 3 is 2.12 bits per heavy atom. The van der Waals surface area contributed by atoms with E-state index in [1.807, 2.05) is 34.9 Å². The fourth-order valence-electron chi connectivity index (χ4n) is 5.10. The number of rotatable bonds is 19. The molecule has 0 radical (unpaired) electrons. The van der Waals surface area contributed by atoms with E-state index < -0.39 is 0 Å². The molecule has 0 atom stereocenters. The lowest BCUT2D eigenvalue weighted by Gasteiger charge is -2.23. The van der Waals surface area contributed by atoms with Crippen LogP contribution in [0.3, 0.4) is 0 Å². The third-order valence-electron chi connectivity index (χ3n) is 7.32. The van der Waals surface area contributed by atoms with Crippen LogP contribution in [-0.2, 0) is 17.9 Å². The maximum atomic E-state index is 12.6. The molecular weight excluding hydrogens is 580 g/mol. The van der Waals surface area contributed by atoms with Gasteiger partial charge in [0.15, 0.2) is 0 Å². The normalized spacial score (nSPS) is 12.7. The van der Waals surface area contributed by atoms with E-state index in [4.69, 9.17) is 4.74 Å². The Kier molecular flexibility index (Phi) is 17.2. The summed E-state index contributed by atoms with van der Waals surface area (Å²) in [5, 5.41) is 0. The van der Waals surface area contributed by atoms with E-state index in [2.05, 4.69) is 55.3 Å². The molecule has 2 aromatic rings. The van der Waals surface area contributed by atoms with Crippen LogP contribution in [0.15, 0.2) is 59.6 Å². The van der Waals surface area contributed by atoms with Crippen LogP contribution < -0.4 is 9.64 Å². The van der Waals surface area contributed by atoms with Crippen molar-refractivity contribution in [3.63, 3.8) is 0 Å². The number of halogens is 1. The van der Waals surface area contributed by atoms with Crippen molar-refractivity contribution in [3.8, 4) is 5.75 Å². The van der Waals surface area contributed by atoms with E-state index in [0.29, 0.717) is 6.54 Å². The quantitative estimate of drug-likeness (QED) is 0.145. The van der Waals surface area contributed by atoms with Crippen LogP contribution in [0.4, 0.5) is 5.69 Å². The van der Waals surface area contributed by atoms with Gasteiger partial charge in [0.1, 0.15) is 5.75 Å². The maximum absolute atomic E-state index is 12.6. The van der Waals surface area contributed by atoms with Crippen LogP contribution in [-0.4, -0.2) is 23.3 Å². The Hall–Kier alpha value is -1.92. The number of carbonyl (C=O) groups excluding carboxylic acids is 1. The number of allylic oxidation sites excluding steroid dienone is 1. The van der Waals surface area contributed by atoms with Crippen molar-refractivity contribution in [3.05, 3.63) is 70.8 Å². The third kappa shape index (κ3) is 13.2. The second-order valence-electron chi connectivity index (χ2n) is 10.9. The van der Waals surface area contributed by atoms with Crippen LogP contribution in [0.2, 0.25) is 0 Å². The van der Waals surface area contributed by atoms with Crippen molar-refractivity contribution in [2.45, 2.75) is 111 Å². The minimum Gasteiger partial charge on any atom is -0.494 e. The zero-order valence-electron chi connectivity index (χ0n) is 25.0. The second-order valence-corrected chi connectivity index (χ2v) is 12.1. The molecule has 1 aliphatic heterocycles. The predicted molar refractivity (Wildman–Crippen MR) is 178 cm³/mol. The number of nitrogens with zero attached hydrogens (tertiary/aromatic N) is 2. The van der Waals surface area contributed by atoms with Crippen molar-refractivity contribution in [2.24, 2.45) is 0 Å². The van der Waals surface area contributed by atoms with Gasteiger partial charge in [0.25, 0.3) is 0 Å². The number of benzene rings is 2. The SMILES string of the molecule is Br.CCCCCCCCCCCCCCOc1cccc(CN(C(C)=O)c2cccc(CN3C=C(C)SC3)c2)c1. The highest BCUT2D eigenvalue weighted by atomic mass is 79.9. The van der Waals surface area contributed by atoms with Gasteiger partial charge in [-0.05, 0) is 53.6 Å². The molecule has 6 heteroatoms. The van der Waals surface area contributed by atoms with Crippen molar-refractivity contribution in [2.75, 3.05) is 17.4 Å². The zero-order chi connectivity index (χ0) is 27.7. The topological polar surface area (TPSA) is 32.8 Å². The van der Waals surface area contributed by atoms with Crippen LogP contribution in [0, 0.1) is 0 Å². The number of amides is 1. The van der Waals surface area contributed by atoms with Gasteiger partial charge >= 0.3 is 0 Å². The Morgan fingerprint density at radius 2 is 1.50 bits per heavy atom. The lowest BCUT2D eigenvalue weighted by molar-refractivity contribution is -0.116. The highest BCUT2D eigenvalue weighted by molar-refractivity contribution is 8.93. The highest BCUT2D eigenvalue weighted by Gasteiger charge is 2.15. The molecule has 222 valence electrons. The summed E-state index contributed by atoms with van der Waals surface area (Å²) in [6.07, 6.45) is 18.3. The zero-order valence-corrected chi connectivity index (χ0v) is 27.6. The predicted octanol–water partition coefficient (Wildman–Crippen LogP) is 10.3. The molecule has 0 aromatic heterocycles. The smallest absolute Gasteiger partial charge is 0.224 e. The lowest BCUT2D eigenvalue weighted by atomic mass is 10.1. The minimum absolute atomic E-state index is 0. The summed E-state index contributed by atoms with van der Waals surface area (Å²) in [4.78, 5) is 18.1. The summed E-state index contributed by atoms with van der Waals surface area (Å²) < 4.78 is 6.07. The van der Waals surface area contributed by atoms with Crippen molar-refractivity contribution >= 4 is 40.3 Å². The maximum Gasteiger partial charge on any atom is 0.224 e. The molecule has 0 saturated carbocycles. The first-order valence-electron chi connectivity index (χ1n) is 15.2. The standard InChI is InChI=1S/C34H50N2O2S.BrH/c1-4-5-6-7-8-9-10-11-12-13-14-15-22-38-34-21-17-19-32(24-34)27-36(30(3)37)33-20-16-18-31(23-33)26-35-25-29(2)39-28-35;/h16-21,23-25H,4-15,22,26-28H2,1-3H3;1H. The molecule has 0 aliphatic carbocycles. The van der Waals surface area contributed by atoms with Crippen LogP contribution in [0.1, 0.15) is 109 Å². The molecule has 1 heterocycles. The molecular formula is C34H51BrN2O2S. The summed E-state index contributed by atoms with van der Waals surface area (Å²) in [5.41, 5.74) is 3.23. The van der Waals surface area contributed by atoms with Gasteiger partial charge < -0.3 is 14.5 Å². The van der Waals surface area contributed by atoms with Gasteiger partial charge in [-0.25, -0.2) is 0 Å². The number of ether oxygens (including phenoxy) is 1. The van der Waals surface area contributed by atoms with Gasteiger partial charge in [-0.15, -0.1) is 28.7 Å². The van der Waals surface area contributed by atoms with Crippen molar-refractivity contribution in [1.29, 1.82) is 0 Å². The Labute approximate surface area is 258 Å². The van der Waals surface area contributed by atoms with Crippen LogP contribution in [0.25, 0.3) is 0 Å². The first-order valence-corrected chi connectivity index (χ1v) is 16.2. The fourth-order valence-corrected chi connectivity index (χ4v) is 5.86. The van der Waals surface area contributed by atoms with E-state index in [1.165, 1.54) is 81.1 Å². The molecule has 2 aromatic carbocycles. The first kappa shape index (κ1) is 34.3. The molecule has 0 bridgehead atoms. The number of carbonyl (C=O) groups is 1. The Balaban J connectivity index is 0.00000560. The van der Waals surface area contributed by atoms with Gasteiger partial charge in [0.05, 0.1) is 19.0 Å². The van der Waals surface area contributed by atoms with E-state index in [0.717, 1.165) is 42.4 Å². The first-order chi connectivity index (χ1) is 19.0. The number of unbranched alkanes of at least 4 members (excludes halogenated alkanes) is 11. The molecule has 0 N–H and O–H groups in total. The van der Waals surface area contributed by atoms with Gasteiger partial charge in [-0.2, -0.15) is 0 Å². The lowest BCUT2D eigenvalue weighted by Crippen LogP contribution is -2.28. The second kappa shape index (κ2) is 20.0. The van der Waals surface area contributed by atoms with E-state index in [9.17, 15) is 4.79 Å². The van der Waals surface area contributed by atoms with Gasteiger partial charge in [-0.1, -0.05) is 102 Å². The van der Waals surface area contributed by atoms with Crippen LogP contribution >= 0.6 is 28.7 Å². The molecule has 1 amide bonds. The van der Waals surface area contributed by atoms with Crippen molar-refractivity contribution < 1.29 is 9.53 Å². The van der Waals surface area contributed by atoms with E-state index in [-0.39, 0.29) is 22.9 Å². The molecule has 0 unspecified atom stereocenters. The summed E-state index contributed by atoms with van der Waals surface area (Å²) >= 11 is 1.87. The number of hydrogen-bond donors (Lipinski definition) is 0. The summed E-state index contributed by atoms with van der Waals surface area (Å²) in [6.45, 7) is 8.21. The molecule has 4 nitrogen and oxygen atoms in total. The van der Waals surface area contributed by atoms with E-state index >= 15 is 0 Å². The average molecular weight is 632 g/mol. The Bertz CT molecular complexity index is 1030. The van der Waals surface area contributed by atoms with Gasteiger partial charge in [0.2, 0.25) is 5.91 Å². The summed E-state index contributed by atoms with van der Waals surface area (Å²) in [7, 11) is 0. The van der Waals surface area contributed by atoms with Gasteiger partial charge in [-0.3, -0.25) is 4.79 Å². The molecule has 40 heavy (non-hydrogen) atoms. The monoisotopic (exact) mass is 630 g/mol. The summed E-state index contributed by atoms with van der Waals surface area (Å²) in [6, 6.07) is 16.6. The minimum atomic E-state index is 0. The van der Waals surface area contributed by atoms with Crippen LogP contribution in [0.5, 0.6) is 5.75 Å². The molecule has 1 aliphatic rings. The Morgan fingerprint density at radius 1 is 0.875 bits per heavy atom. The highest BCUT2D eigenvalue weighted by Crippen LogP contribution is 2.27. The number of hydrogen-bond acceptors (Lipinski definition) is 4. The molecule has 3 rings (SSSR count). The molecule has 0 saturated heterocycles. The number of anilines is 1.